The van der Waals surface area contributed by atoms with Gasteiger partial charge in [0.1, 0.15) is 11.5 Å². The van der Waals surface area contributed by atoms with E-state index in [9.17, 15) is 0 Å². The van der Waals surface area contributed by atoms with Crippen molar-refractivity contribution in [1.82, 2.24) is 24.7 Å². The monoisotopic (exact) mass is 286 g/mol. The second kappa shape index (κ2) is 5.38. The van der Waals surface area contributed by atoms with E-state index in [4.69, 9.17) is 0 Å². The van der Waals surface area contributed by atoms with Gasteiger partial charge in [-0.05, 0) is 6.92 Å². The van der Waals surface area contributed by atoms with E-state index in [1.54, 1.807) is 16.4 Å². The van der Waals surface area contributed by atoms with Crippen LogP contribution >= 0.6 is 11.3 Å². The van der Waals surface area contributed by atoms with Crippen LogP contribution in [0.1, 0.15) is 6.92 Å². The molecule has 3 aromatic rings. The summed E-state index contributed by atoms with van der Waals surface area (Å²) in [7, 11) is 1.89. The van der Waals surface area contributed by atoms with Crippen molar-refractivity contribution in [2.75, 3.05) is 11.9 Å². The summed E-state index contributed by atoms with van der Waals surface area (Å²) in [6.07, 6.45) is 3.73. The Morgan fingerprint density at radius 2 is 2.20 bits per heavy atom. The van der Waals surface area contributed by atoms with Gasteiger partial charge >= 0.3 is 0 Å². The van der Waals surface area contributed by atoms with Crippen molar-refractivity contribution >= 4 is 17.2 Å². The Bertz CT molecular complexity index is 703. The van der Waals surface area contributed by atoms with E-state index in [1.165, 1.54) is 11.3 Å². The summed E-state index contributed by atoms with van der Waals surface area (Å²) in [5.41, 5.74) is 4.38. The van der Waals surface area contributed by atoms with E-state index in [-0.39, 0.29) is 0 Å². The van der Waals surface area contributed by atoms with Crippen LogP contribution in [0.3, 0.4) is 0 Å². The molecule has 0 aromatic carbocycles. The SMILES string of the molecule is CCNc1cc(-c2cnn(C)c2)nc(-c2cscn2)n1. The van der Waals surface area contributed by atoms with Crippen LogP contribution in [0.2, 0.25) is 0 Å². The first-order valence-corrected chi connectivity index (χ1v) is 7.21. The van der Waals surface area contributed by atoms with Crippen molar-refractivity contribution in [1.29, 1.82) is 0 Å². The van der Waals surface area contributed by atoms with Crippen LogP contribution in [-0.4, -0.2) is 31.3 Å². The maximum Gasteiger partial charge on any atom is 0.181 e. The lowest BCUT2D eigenvalue weighted by Crippen LogP contribution is -2.02. The Labute approximate surface area is 120 Å². The molecule has 0 saturated carbocycles. The van der Waals surface area contributed by atoms with Crippen LogP contribution in [0, 0.1) is 0 Å². The zero-order chi connectivity index (χ0) is 13.9. The average molecular weight is 286 g/mol. The first-order valence-electron chi connectivity index (χ1n) is 6.27. The van der Waals surface area contributed by atoms with Crippen LogP contribution in [0.15, 0.2) is 29.4 Å². The molecule has 7 heteroatoms. The highest BCUT2D eigenvalue weighted by molar-refractivity contribution is 7.07. The molecule has 3 heterocycles. The lowest BCUT2D eigenvalue weighted by Gasteiger charge is -2.06. The summed E-state index contributed by atoms with van der Waals surface area (Å²) < 4.78 is 1.76. The van der Waals surface area contributed by atoms with Gasteiger partial charge in [-0.25, -0.2) is 15.0 Å². The lowest BCUT2D eigenvalue weighted by atomic mass is 10.2. The molecule has 0 aliphatic rings. The summed E-state index contributed by atoms with van der Waals surface area (Å²) >= 11 is 1.53. The molecule has 0 unspecified atom stereocenters. The number of thiazole rings is 1. The van der Waals surface area contributed by atoms with Crippen LogP contribution in [0.5, 0.6) is 0 Å². The molecule has 102 valence electrons. The van der Waals surface area contributed by atoms with E-state index >= 15 is 0 Å². The van der Waals surface area contributed by atoms with Gasteiger partial charge < -0.3 is 5.32 Å². The Balaban J connectivity index is 2.09. The number of nitrogens with zero attached hydrogens (tertiary/aromatic N) is 5. The summed E-state index contributed by atoms with van der Waals surface area (Å²) in [5.74, 6) is 1.42. The Morgan fingerprint density at radius 1 is 1.30 bits per heavy atom. The predicted molar refractivity (Wildman–Crippen MR) is 79.5 cm³/mol. The average Bonchev–Trinajstić information content (AvgIpc) is 3.09. The zero-order valence-electron chi connectivity index (χ0n) is 11.2. The van der Waals surface area contributed by atoms with Crippen LogP contribution in [0.25, 0.3) is 22.8 Å². The molecule has 0 spiro atoms. The quantitative estimate of drug-likeness (QED) is 0.797. The molecule has 0 radical (unpaired) electrons. The molecule has 0 aliphatic carbocycles. The molecule has 0 bridgehead atoms. The Kier molecular flexibility index (Phi) is 3.42. The van der Waals surface area contributed by atoms with E-state index in [0.29, 0.717) is 5.82 Å². The highest BCUT2D eigenvalue weighted by Gasteiger charge is 2.10. The third kappa shape index (κ3) is 2.53. The minimum Gasteiger partial charge on any atom is -0.370 e. The standard InChI is InChI=1S/C13H14N6S/c1-3-14-12-4-10(9-5-16-19(2)6-9)17-13(18-12)11-7-20-8-15-11/h4-8H,3H2,1-2H3,(H,14,17,18). The van der Waals surface area contributed by atoms with Crippen molar-refractivity contribution in [3.63, 3.8) is 0 Å². The van der Waals surface area contributed by atoms with Gasteiger partial charge in [-0.1, -0.05) is 0 Å². The number of rotatable bonds is 4. The maximum absolute atomic E-state index is 4.58. The molecule has 20 heavy (non-hydrogen) atoms. The summed E-state index contributed by atoms with van der Waals surface area (Å²) in [4.78, 5) is 13.3. The van der Waals surface area contributed by atoms with E-state index < -0.39 is 0 Å². The maximum atomic E-state index is 4.58. The van der Waals surface area contributed by atoms with Gasteiger partial charge in [-0.2, -0.15) is 5.10 Å². The van der Waals surface area contributed by atoms with Crippen molar-refractivity contribution in [3.8, 4) is 22.8 Å². The molecule has 0 amide bonds. The normalized spacial score (nSPS) is 10.7. The molecular formula is C13H14N6S. The van der Waals surface area contributed by atoms with Crippen LogP contribution in [0.4, 0.5) is 5.82 Å². The molecule has 3 aromatic heterocycles. The fourth-order valence-corrected chi connectivity index (χ4v) is 2.39. The number of hydrogen-bond acceptors (Lipinski definition) is 6. The summed E-state index contributed by atoms with van der Waals surface area (Å²) in [6.45, 7) is 2.84. The molecule has 0 aliphatic heterocycles. The summed E-state index contributed by atoms with van der Waals surface area (Å²) in [6, 6.07) is 1.93. The van der Waals surface area contributed by atoms with Crippen molar-refractivity contribution in [3.05, 3.63) is 29.4 Å². The molecule has 0 atom stereocenters. The van der Waals surface area contributed by atoms with Crippen molar-refractivity contribution < 1.29 is 0 Å². The molecular weight excluding hydrogens is 272 g/mol. The Morgan fingerprint density at radius 3 is 2.85 bits per heavy atom. The smallest absolute Gasteiger partial charge is 0.181 e. The second-order valence-corrected chi connectivity index (χ2v) is 4.99. The number of hydrogen-bond donors (Lipinski definition) is 1. The third-order valence-electron chi connectivity index (χ3n) is 2.75. The van der Waals surface area contributed by atoms with Gasteiger partial charge in [0.2, 0.25) is 0 Å². The van der Waals surface area contributed by atoms with E-state index in [1.807, 2.05) is 31.6 Å². The van der Waals surface area contributed by atoms with E-state index in [0.717, 1.165) is 29.3 Å². The van der Waals surface area contributed by atoms with Gasteiger partial charge in [0.15, 0.2) is 5.82 Å². The third-order valence-corrected chi connectivity index (χ3v) is 3.33. The molecule has 0 saturated heterocycles. The number of nitrogens with one attached hydrogen (secondary N) is 1. The van der Waals surface area contributed by atoms with Crippen molar-refractivity contribution in [2.24, 2.45) is 7.05 Å². The fourth-order valence-electron chi connectivity index (χ4n) is 1.86. The topological polar surface area (TPSA) is 68.5 Å². The summed E-state index contributed by atoms with van der Waals surface area (Å²) in [5, 5.41) is 9.35. The first-order chi connectivity index (χ1) is 9.76. The van der Waals surface area contributed by atoms with Gasteiger partial charge in [-0.15, -0.1) is 11.3 Å². The van der Waals surface area contributed by atoms with Crippen molar-refractivity contribution in [2.45, 2.75) is 6.92 Å². The highest BCUT2D eigenvalue weighted by atomic mass is 32.1. The fraction of sp³-hybridized carbons (Fsp3) is 0.231. The Hall–Kier alpha value is -2.28. The lowest BCUT2D eigenvalue weighted by molar-refractivity contribution is 0.768. The zero-order valence-corrected chi connectivity index (χ0v) is 12.1. The minimum atomic E-state index is 0.628. The molecule has 1 N–H and O–H groups in total. The van der Waals surface area contributed by atoms with E-state index in [2.05, 4.69) is 25.4 Å². The molecule has 6 nitrogen and oxygen atoms in total. The number of anilines is 1. The van der Waals surface area contributed by atoms with Crippen LogP contribution in [-0.2, 0) is 7.05 Å². The highest BCUT2D eigenvalue weighted by Crippen LogP contribution is 2.23. The predicted octanol–water partition coefficient (Wildman–Crippen LogP) is 2.43. The number of aryl methyl sites for hydroxylation is 1. The number of aromatic nitrogens is 5. The van der Waals surface area contributed by atoms with Gasteiger partial charge in [0.05, 0.1) is 17.4 Å². The first kappa shape index (κ1) is 12.7. The molecule has 0 fully saturated rings. The molecule has 3 rings (SSSR count). The minimum absolute atomic E-state index is 0.628. The second-order valence-electron chi connectivity index (χ2n) is 4.27. The van der Waals surface area contributed by atoms with Gasteiger partial charge in [0.25, 0.3) is 0 Å². The van der Waals surface area contributed by atoms with Crippen LogP contribution < -0.4 is 5.32 Å². The van der Waals surface area contributed by atoms with Gasteiger partial charge in [-0.3, -0.25) is 4.68 Å². The largest absolute Gasteiger partial charge is 0.370 e. The van der Waals surface area contributed by atoms with Gasteiger partial charge in [0, 0.05) is 36.8 Å².